The van der Waals surface area contributed by atoms with Crippen LogP contribution in [0.4, 0.5) is 0 Å². The Balaban J connectivity index is 1.51. The summed E-state index contributed by atoms with van der Waals surface area (Å²) in [6.07, 6.45) is 0. The highest BCUT2D eigenvalue weighted by Crippen LogP contribution is 2.13. The van der Waals surface area contributed by atoms with Gasteiger partial charge in [0.25, 0.3) is 5.91 Å². The molecule has 25 heavy (non-hydrogen) atoms. The molecular weight excluding hydrogens is 400 g/mol. The quantitative estimate of drug-likeness (QED) is 0.694. The zero-order valence-corrected chi connectivity index (χ0v) is 16.1. The van der Waals surface area contributed by atoms with Gasteiger partial charge in [-0.3, -0.25) is 9.69 Å². The minimum Gasteiger partial charge on any atom is -0.329 e. The van der Waals surface area contributed by atoms with Crippen molar-refractivity contribution in [1.82, 2.24) is 9.80 Å². The molecule has 1 aliphatic rings. The van der Waals surface area contributed by atoms with Crippen LogP contribution in [0.1, 0.15) is 11.1 Å². The van der Waals surface area contributed by atoms with Crippen LogP contribution >= 0.6 is 27.5 Å². The normalized spacial score (nSPS) is 14.7. The lowest BCUT2D eigenvalue weighted by Gasteiger charge is -2.33. The summed E-state index contributed by atoms with van der Waals surface area (Å²) in [5, 5.41) is 0.753. The van der Waals surface area contributed by atoms with Gasteiger partial charge in [-0.2, -0.15) is 0 Å². The monoisotopic (exact) mass is 416 g/mol. The Kier molecular flexibility index (Phi) is 6.14. The largest absolute Gasteiger partial charge is 0.329 e. The van der Waals surface area contributed by atoms with Crippen LogP contribution in [0, 0.1) is 11.8 Å². The molecule has 0 aromatic heterocycles. The third-order valence-corrected chi connectivity index (χ3v) is 4.92. The number of benzene rings is 2. The molecule has 3 rings (SSSR count). The Morgan fingerprint density at radius 3 is 2.28 bits per heavy atom. The van der Waals surface area contributed by atoms with Gasteiger partial charge in [-0.25, -0.2) is 0 Å². The van der Waals surface area contributed by atoms with Crippen LogP contribution in [0.5, 0.6) is 0 Å². The van der Waals surface area contributed by atoms with E-state index in [0.29, 0.717) is 13.1 Å². The Bertz CT molecular complexity index is 785. The molecule has 0 N–H and O–H groups in total. The number of hydrogen-bond acceptors (Lipinski definition) is 2. The number of nitrogens with zero attached hydrogens (tertiary/aromatic N) is 2. The zero-order chi connectivity index (χ0) is 17.6. The Labute approximate surface area is 161 Å². The van der Waals surface area contributed by atoms with E-state index in [9.17, 15) is 4.79 Å². The number of piperazine rings is 1. The van der Waals surface area contributed by atoms with Crippen molar-refractivity contribution in [3.8, 4) is 11.8 Å². The lowest BCUT2D eigenvalue weighted by Crippen LogP contribution is -2.47. The van der Waals surface area contributed by atoms with Gasteiger partial charge in [-0.05, 0) is 42.0 Å². The van der Waals surface area contributed by atoms with Crippen molar-refractivity contribution in [1.29, 1.82) is 0 Å². The van der Waals surface area contributed by atoms with Crippen LogP contribution < -0.4 is 0 Å². The highest BCUT2D eigenvalue weighted by Gasteiger charge is 2.19. The second-order valence-corrected chi connectivity index (χ2v) is 7.30. The number of hydrogen-bond donors (Lipinski definition) is 0. The lowest BCUT2D eigenvalue weighted by atomic mass is 10.2. The van der Waals surface area contributed by atoms with E-state index in [-0.39, 0.29) is 5.91 Å². The SMILES string of the molecule is O=C(C#Cc1ccc(Br)cc1)N1CCN(Cc2ccc(Cl)cc2)CC1. The molecule has 0 atom stereocenters. The van der Waals surface area contributed by atoms with E-state index < -0.39 is 0 Å². The van der Waals surface area contributed by atoms with Crippen molar-refractivity contribution in [2.24, 2.45) is 0 Å². The van der Waals surface area contributed by atoms with E-state index in [2.05, 4.69) is 32.7 Å². The van der Waals surface area contributed by atoms with Crippen LogP contribution in [0.15, 0.2) is 53.0 Å². The second kappa shape index (κ2) is 8.53. The van der Waals surface area contributed by atoms with Crippen molar-refractivity contribution in [2.75, 3.05) is 26.2 Å². The van der Waals surface area contributed by atoms with E-state index in [1.807, 2.05) is 53.4 Å². The van der Waals surface area contributed by atoms with Crippen LogP contribution in [0.3, 0.4) is 0 Å². The molecule has 1 aliphatic heterocycles. The first-order valence-electron chi connectivity index (χ1n) is 8.13. The Hall–Kier alpha value is -1.80. The van der Waals surface area contributed by atoms with Gasteiger partial charge in [0.15, 0.2) is 0 Å². The van der Waals surface area contributed by atoms with Crippen molar-refractivity contribution in [3.63, 3.8) is 0 Å². The van der Waals surface area contributed by atoms with E-state index >= 15 is 0 Å². The molecular formula is C20H18BrClN2O. The molecule has 1 saturated heterocycles. The van der Waals surface area contributed by atoms with E-state index in [1.165, 1.54) is 5.56 Å². The Morgan fingerprint density at radius 1 is 1.00 bits per heavy atom. The smallest absolute Gasteiger partial charge is 0.298 e. The minimum absolute atomic E-state index is 0.103. The number of carbonyl (C=O) groups is 1. The van der Waals surface area contributed by atoms with Gasteiger partial charge in [-0.1, -0.05) is 45.6 Å². The van der Waals surface area contributed by atoms with Crippen molar-refractivity contribution >= 4 is 33.4 Å². The third-order valence-electron chi connectivity index (χ3n) is 4.14. The Morgan fingerprint density at radius 2 is 1.64 bits per heavy atom. The maximum absolute atomic E-state index is 12.3. The lowest BCUT2D eigenvalue weighted by molar-refractivity contribution is -0.126. The summed E-state index contributed by atoms with van der Waals surface area (Å²) in [5.74, 6) is 5.58. The molecule has 0 bridgehead atoms. The first kappa shape index (κ1) is 18.0. The van der Waals surface area contributed by atoms with Gasteiger partial charge in [-0.15, -0.1) is 0 Å². The van der Waals surface area contributed by atoms with Crippen LogP contribution in [0.25, 0.3) is 0 Å². The second-order valence-electron chi connectivity index (χ2n) is 5.95. The van der Waals surface area contributed by atoms with Gasteiger partial charge in [0, 0.05) is 53.7 Å². The fraction of sp³-hybridized carbons (Fsp3) is 0.250. The third kappa shape index (κ3) is 5.34. The molecule has 0 unspecified atom stereocenters. The van der Waals surface area contributed by atoms with Crippen molar-refractivity contribution in [3.05, 3.63) is 69.2 Å². The maximum Gasteiger partial charge on any atom is 0.298 e. The average molecular weight is 418 g/mol. The van der Waals surface area contributed by atoms with E-state index in [0.717, 1.165) is 34.7 Å². The van der Waals surface area contributed by atoms with E-state index in [1.54, 1.807) is 0 Å². The molecule has 0 saturated carbocycles. The molecule has 2 aromatic rings. The fourth-order valence-corrected chi connectivity index (χ4v) is 3.09. The van der Waals surface area contributed by atoms with Crippen LogP contribution in [-0.4, -0.2) is 41.9 Å². The molecule has 0 aliphatic carbocycles. The zero-order valence-electron chi connectivity index (χ0n) is 13.7. The molecule has 1 amide bonds. The summed E-state index contributed by atoms with van der Waals surface area (Å²) in [6.45, 7) is 4.01. The van der Waals surface area contributed by atoms with Crippen molar-refractivity contribution in [2.45, 2.75) is 6.54 Å². The topological polar surface area (TPSA) is 23.6 Å². The van der Waals surface area contributed by atoms with Crippen molar-refractivity contribution < 1.29 is 4.79 Å². The molecule has 1 heterocycles. The first-order chi connectivity index (χ1) is 12.1. The first-order valence-corrected chi connectivity index (χ1v) is 9.30. The molecule has 0 spiro atoms. The van der Waals surface area contributed by atoms with E-state index in [4.69, 9.17) is 11.6 Å². The number of carbonyl (C=O) groups excluding carboxylic acids is 1. The van der Waals surface area contributed by atoms with Crippen LogP contribution in [-0.2, 0) is 11.3 Å². The number of halogens is 2. The summed E-state index contributed by atoms with van der Waals surface area (Å²) < 4.78 is 1.00. The minimum atomic E-state index is -0.103. The summed E-state index contributed by atoms with van der Waals surface area (Å²) in [4.78, 5) is 16.4. The molecule has 128 valence electrons. The number of amides is 1. The fourth-order valence-electron chi connectivity index (χ4n) is 2.70. The highest BCUT2D eigenvalue weighted by atomic mass is 79.9. The standard InChI is InChI=1S/C20H18BrClN2O/c21-18-6-1-16(2-7-18)5-10-20(25)24-13-11-23(12-14-24)15-17-3-8-19(22)9-4-17/h1-4,6-9H,11-15H2. The predicted octanol–water partition coefficient (Wildman–Crippen LogP) is 3.80. The average Bonchev–Trinajstić information content (AvgIpc) is 2.63. The molecule has 1 fully saturated rings. The molecule has 3 nitrogen and oxygen atoms in total. The predicted molar refractivity (Wildman–Crippen MR) is 104 cm³/mol. The van der Waals surface area contributed by atoms with Crippen LogP contribution in [0.2, 0.25) is 5.02 Å². The summed E-state index contributed by atoms with van der Waals surface area (Å²) in [6, 6.07) is 15.5. The summed E-state index contributed by atoms with van der Waals surface area (Å²) in [5.41, 5.74) is 2.08. The summed E-state index contributed by atoms with van der Waals surface area (Å²) in [7, 11) is 0. The summed E-state index contributed by atoms with van der Waals surface area (Å²) >= 11 is 9.30. The van der Waals surface area contributed by atoms with Gasteiger partial charge >= 0.3 is 0 Å². The molecule has 2 aromatic carbocycles. The molecule has 0 radical (unpaired) electrons. The van der Waals surface area contributed by atoms with Gasteiger partial charge in [0.05, 0.1) is 0 Å². The van der Waals surface area contributed by atoms with Gasteiger partial charge in [0.2, 0.25) is 0 Å². The highest BCUT2D eigenvalue weighted by molar-refractivity contribution is 9.10. The maximum atomic E-state index is 12.3. The number of rotatable bonds is 2. The van der Waals surface area contributed by atoms with Gasteiger partial charge < -0.3 is 4.90 Å². The van der Waals surface area contributed by atoms with Gasteiger partial charge in [0.1, 0.15) is 0 Å². The molecule has 5 heteroatoms.